The van der Waals surface area contributed by atoms with E-state index >= 15 is 0 Å². The second kappa shape index (κ2) is 6.03. The quantitative estimate of drug-likeness (QED) is 0.824. The van der Waals surface area contributed by atoms with Crippen molar-refractivity contribution in [3.05, 3.63) is 29.8 Å². The second-order valence-electron chi connectivity index (χ2n) is 4.71. The van der Waals surface area contributed by atoms with Crippen LogP contribution in [-0.2, 0) is 0 Å². The van der Waals surface area contributed by atoms with Crippen LogP contribution in [0.5, 0.6) is 5.75 Å². The molecule has 3 N–H and O–H groups in total. The summed E-state index contributed by atoms with van der Waals surface area (Å²) in [5.74, 6) is 0.928. The summed E-state index contributed by atoms with van der Waals surface area (Å²) in [7, 11) is 0. The highest BCUT2D eigenvalue weighted by Gasteiger charge is 2.16. The van der Waals surface area contributed by atoms with Gasteiger partial charge in [0.2, 0.25) is 0 Å². The molecule has 0 bridgehead atoms. The van der Waals surface area contributed by atoms with Gasteiger partial charge in [-0.05, 0) is 49.8 Å². The Morgan fingerprint density at radius 3 is 2.47 bits per heavy atom. The van der Waals surface area contributed by atoms with Gasteiger partial charge in [-0.25, -0.2) is 0 Å². The molecule has 1 aliphatic carbocycles. The molecular formula is C14H21NO2. The molecule has 1 fully saturated rings. The number of aliphatic hydroxyl groups is 1. The summed E-state index contributed by atoms with van der Waals surface area (Å²) in [6, 6.07) is 7.85. The summed E-state index contributed by atoms with van der Waals surface area (Å²) in [6.07, 6.45) is 5.90. The molecule has 94 valence electrons. The summed E-state index contributed by atoms with van der Waals surface area (Å²) in [5, 5.41) is 8.84. The van der Waals surface area contributed by atoms with E-state index in [2.05, 4.69) is 0 Å². The summed E-state index contributed by atoms with van der Waals surface area (Å²) >= 11 is 0. The zero-order chi connectivity index (χ0) is 12.1. The molecule has 1 saturated carbocycles. The van der Waals surface area contributed by atoms with Crippen LogP contribution in [0.25, 0.3) is 0 Å². The molecule has 0 saturated heterocycles. The number of nitrogens with two attached hydrogens (primary N) is 1. The van der Waals surface area contributed by atoms with Gasteiger partial charge in [0.05, 0.1) is 6.10 Å². The van der Waals surface area contributed by atoms with Crippen molar-refractivity contribution in [2.45, 2.75) is 44.2 Å². The lowest BCUT2D eigenvalue weighted by Gasteiger charge is -2.15. The van der Waals surface area contributed by atoms with Crippen LogP contribution in [0.4, 0.5) is 0 Å². The smallest absolute Gasteiger partial charge is 0.119 e. The van der Waals surface area contributed by atoms with Crippen LogP contribution in [0, 0.1) is 0 Å². The number of benzene rings is 1. The van der Waals surface area contributed by atoms with Crippen LogP contribution in [0.1, 0.15) is 43.7 Å². The number of aliphatic hydroxyl groups excluding tert-OH is 1. The van der Waals surface area contributed by atoms with Crippen LogP contribution in [0.15, 0.2) is 24.3 Å². The zero-order valence-corrected chi connectivity index (χ0v) is 10.1. The molecule has 0 radical (unpaired) electrons. The number of ether oxygens (including phenoxy) is 1. The Kier molecular flexibility index (Phi) is 4.40. The second-order valence-corrected chi connectivity index (χ2v) is 4.71. The van der Waals surface area contributed by atoms with E-state index in [-0.39, 0.29) is 12.6 Å². The van der Waals surface area contributed by atoms with Gasteiger partial charge in [0.1, 0.15) is 5.75 Å². The van der Waals surface area contributed by atoms with E-state index in [0.717, 1.165) is 11.3 Å². The van der Waals surface area contributed by atoms with Gasteiger partial charge in [-0.3, -0.25) is 0 Å². The SMILES string of the molecule is N[C@H](CCO)c1ccc(OC2CCCC2)cc1. The van der Waals surface area contributed by atoms with Crippen molar-refractivity contribution in [1.82, 2.24) is 0 Å². The molecule has 1 aromatic rings. The summed E-state index contributed by atoms with van der Waals surface area (Å²) in [4.78, 5) is 0. The Hall–Kier alpha value is -1.06. The maximum Gasteiger partial charge on any atom is 0.119 e. The predicted molar refractivity (Wildman–Crippen MR) is 68.0 cm³/mol. The Morgan fingerprint density at radius 2 is 1.88 bits per heavy atom. The Labute approximate surface area is 103 Å². The largest absolute Gasteiger partial charge is 0.490 e. The molecule has 1 atom stereocenters. The van der Waals surface area contributed by atoms with Crippen molar-refractivity contribution < 1.29 is 9.84 Å². The molecule has 0 aromatic heterocycles. The number of hydrogen-bond acceptors (Lipinski definition) is 3. The minimum atomic E-state index is -0.0828. The molecule has 3 nitrogen and oxygen atoms in total. The van der Waals surface area contributed by atoms with Gasteiger partial charge >= 0.3 is 0 Å². The van der Waals surface area contributed by atoms with Crippen molar-refractivity contribution in [2.24, 2.45) is 5.73 Å². The van der Waals surface area contributed by atoms with Crippen LogP contribution >= 0.6 is 0 Å². The van der Waals surface area contributed by atoms with E-state index in [1.54, 1.807) is 0 Å². The van der Waals surface area contributed by atoms with Crippen LogP contribution in [-0.4, -0.2) is 17.8 Å². The monoisotopic (exact) mass is 235 g/mol. The van der Waals surface area contributed by atoms with Gasteiger partial charge in [-0.15, -0.1) is 0 Å². The molecule has 0 amide bonds. The molecule has 0 heterocycles. The number of rotatable bonds is 5. The fraction of sp³-hybridized carbons (Fsp3) is 0.571. The summed E-state index contributed by atoms with van der Waals surface area (Å²) < 4.78 is 5.88. The first-order chi connectivity index (χ1) is 8.29. The zero-order valence-electron chi connectivity index (χ0n) is 10.1. The topological polar surface area (TPSA) is 55.5 Å². The Bertz CT molecular complexity index is 331. The van der Waals surface area contributed by atoms with Gasteiger partial charge in [0.25, 0.3) is 0 Å². The maximum atomic E-state index is 8.84. The van der Waals surface area contributed by atoms with Gasteiger partial charge in [0, 0.05) is 12.6 Å². The van der Waals surface area contributed by atoms with Crippen molar-refractivity contribution >= 4 is 0 Å². The van der Waals surface area contributed by atoms with E-state index in [1.807, 2.05) is 24.3 Å². The van der Waals surface area contributed by atoms with Crippen molar-refractivity contribution in [1.29, 1.82) is 0 Å². The van der Waals surface area contributed by atoms with E-state index < -0.39 is 0 Å². The van der Waals surface area contributed by atoms with Gasteiger partial charge in [-0.2, -0.15) is 0 Å². The molecule has 0 unspecified atom stereocenters. The van der Waals surface area contributed by atoms with Gasteiger partial charge in [-0.1, -0.05) is 12.1 Å². The first kappa shape index (κ1) is 12.4. The van der Waals surface area contributed by atoms with E-state index in [9.17, 15) is 0 Å². The Morgan fingerprint density at radius 1 is 1.24 bits per heavy atom. The molecule has 0 aliphatic heterocycles. The van der Waals surface area contributed by atoms with Crippen molar-refractivity contribution in [3.63, 3.8) is 0 Å². The third kappa shape index (κ3) is 3.45. The molecule has 1 aromatic carbocycles. The first-order valence-corrected chi connectivity index (χ1v) is 6.42. The lowest BCUT2D eigenvalue weighted by molar-refractivity contribution is 0.210. The highest BCUT2D eigenvalue weighted by molar-refractivity contribution is 5.29. The lowest BCUT2D eigenvalue weighted by Crippen LogP contribution is -2.13. The predicted octanol–water partition coefficient (Wildman–Crippen LogP) is 2.39. The average Bonchev–Trinajstić information content (AvgIpc) is 2.83. The molecule has 2 rings (SSSR count). The highest BCUT2D eigenvalue weighted by Crippen LogP contribution is 2.25. The molecular weight excluding hydrogens is 214 g/mol. The third-order valence-corrected chi connectivity index (χ3v) is 3.35. The Balaban J connectivity index is 1.92. The fourth-order valence-electron chi connectivity index (χ4n) is 2.30. The minimum absolute atomic E-state index is 0.0828. The fourth-order valence-corrected chi connectivity index (χ4v) is 2.30. The lowest BCUT2D eigenvalue weighted by atomic mass is 10.1. The van der Waals surface area contributed by atoms with Crippen molar-refractivity contribution in [3.8, 4) is 5.75 Å². The number of hydrogen-bond donors (Lipinski definition) is 2. The van der Waals surface area contributed by atoms with Crippen molar-refractivity contribution in [2.75, 3.05) is 6.61 Å². The van der Waals surface area contributed by atoms with Crippen LogP contribution in [0.3, 0.4) is 0 Å². The molecule has 3 heteroatoms. The van der Waals surface area contributed by atoms with Crippen LogP contribution < -0.4 is 10.5 Å². The van der Waals surface area contributed by atoms with Crippen LogP contribution in [0.2, 0.25) is 0 Å². The third-order valence-electron chi connectivity index (χ3n) is 3.35. The minimum Gasteiger partial charge on any atom is -0.490 e. The molecule has 17 heavy (non-hydrogen) atoms. The van der Waals surface area contributed by atoms with E-state index in [0.29, 0.717) is 12.5 Å². The average molecular weight is 235 g/mol. The summed E-state index contributed by atoms with van der Waals surface area (Å²) in [5.41, 5.74) is 6.97. The van der Waals surface area contributed by atoms with E-state index in [1.165, 1.54) is 25.7 Å². The van der Waals surface area contributed by atoms with Gasteiger partial charge < -0.3 is 15.6 Å². The van der Waals surface area contributed by atoms with E-state index in [4.69, 9.17) is 15.6 Å². The highest BCUT2D eigenvalue weighted by atomic mass is 16.5. The normalized spacial score (nSPS) is 18.2. The summed E-state index contributed by atoms with van der Waals surface area (Å²) in [6.45, 7) is 0.126. The van der Waals surface area contributed by atoms with Gasteiger partial charge in [0.15, 0.2) is 0 Å². The standard InChI is InChI=1S/C14H21NO2/c15-14(9-10-16)11-5-7-13(8-6-11)17-12-3-1-2-4-12/h5-8,12,14,16H,1-4,9-10,15H2/t14-/m1/s1. The molecule has 1 aliphatic rings. The first-order valence-electron chi connectivity index (χ1n) is 6.42. The molecule has 0 spiro atoms. The maximum absolute atomic E-state index is 8.84.